The van der Waals surface area contributed by atoms with Crippen molar-refractivity contribution in [1.82, 2.24) is 10.2 Å². The Labute approximate surface area is 141 Å². The summed E-state index contributed by atoms with van der Waals surface area (Å²) in [4.78, 5) is 23.9. The number of H-pyrrole nitrogens is 1. The fourth-order valence-electron chi connectivity index (χ4n) is 3.38. The van der Waals surface area contributed by atoms with E-state index in [4.69, 9.17) is 4.74 Å². The summed E-state index contributed by atoms with van der Waals surface area (Å²) in [5, 5.41) is 10.3. The minimum atomic E-state index is -0.498. The lowest BCUT2D eigenvalue weighted by molar-refractivity contribution is -0.116. The fourth-order valence-corrected chi connectivity index (χ4v) is 3.38. The van der Waals surface area contributed by atoms with Crippen LogP contribution in [0.15, 0.2) is 18.2 Å². The van der Waals surface area contributed by atoms with Gasteiger partial charge < -0.3 is 10.1 Å². The second kappa shape index (κ2) is 7.47. The van der Waals surface area contributed by atoms with Crippen molar-refractivity contribution in [3.8, 4) is 0 Å². The molecule has 1 aliphatic carbocycles. The van der Waals surface area contributed by atoms with Crippen LogP contribution in [0.4, 0.5) is 5.69 Å². The molecule has 1 aromatic carbocycles. The number of methoxy groups -OCH3 is 1. The number of esters is 1. The Kier molecular flexibility index (Phi) is 5.13. The van der Waals surface area contributed by atoms with Crippen molar-refractivity contribution in [2.75, 3.05) is 12.4 Å². The Hall–Kier alpha value is -2.37. The number of anilines is 1. The Morgan fingerprint density at radius 1 is 1.29 bits per heavy atom. The molecule has 0 bridgehead atoms. The van der Waals surface area contributed by atoms with Crippen molar-refractivity contribution < 1.29 is 14.3 Å². The number of benzene rings is 1. The zero-order chi connectivity index (χ0) is 16.9. The van der Waals surface area contributed by atoms with Crippen molar-refractivity contribution in [2.24, 2.45) is 5.92 Å². The summed E-state index contributed by atoms with van der Waals surface area (Å²) in [6.45, 7) is 0. The first-order valence-corrected chi connectivity index (χ1v) is 8.53. The highest BCUT2D eigenvalue weighted by Crippen LogP contribution is 2.27. The maximum Gasteiger partial charge on any atom is 0.359 e. The largest absolute Gasteiger partial charge is 0.464 e. The van der Waals surface area contributed by atoms with E-state index in [2.05, 4.69) is 15.5 Å². The number of nitrogens with one attached hydrogen (secondary N) is 2. The molecular formula is C18H23N3O3. The van der Waals surface area contributed by atoms with Gasteiger partial charge in [-0.05, 0) is 30.5 Å². The van der Waals surface area contributed by atoms with Crippen LogP contribution >= 0.6 is 0 Å². The van der Waals surface area contributed by atoms with Gasteiger partial charge in [0.2, 0.25) is 5.91 Å². The van der Waals surface area contributed by atoms with Gasteiger partial charge in [-0.1, -0.05) is 32.1 Å². The van der Waals surface area contributed by atoms with Crippen molar-refractivity contribution in [3.05, 3.63) is 23.9 Å². The van der Waals surface area contributed by atoms with Gasteiger partial charge in [-0.15, -0.1) is 0 Å². The van der Waals surface area contributed by atoms with Crippen molar-refractivity contribution >= 4 is 28.5 Å². The number of carbonyl (C=O) groups excluding carboxylic acids is 2. The van der Waals surface area contributed by atoms with Gasteiger partial charge in [0.15, 0.2) is 5.69 Å². The van der Waals surface area contributed by atoms with E-state index in [1.165, 1.54) is 39.2 Å². The van der Waals surface area contributed by atoms with Gasteiger partial charge in [0.25, 0.3) is 0 Å². The number of hydrogen-bond acceptors (Lipinski definition) is 4. The lowest BCUT2D eigenvalue weighted by atomic mass is 9.86. The number of hydrogen-bond donors (Lipinski definition) is 2. The van der Waals surface area contributed by atoms with E-state index < -0.39 is 5.97 Å². The van der Waals surface area contributed by atoms with E-state index in [0.29, 0.717) is 23.4 Å². The average Bonchev–Trinajstić information content (AvgIpc) is 3.03. The zero-order valence-electron chi connectivity index (χ0n) is 13.9. The third-order valence-corrected chi connectivity index (χ3v) is 4.73. The monoisotopic (exact) mass is 329 g/mol. The van der Waals surface area contributed by atoms with Crippen LogP contribution in [0.5, 0.6) is 0 Å². The molecule has 3 rings (SSSR count). The summed E-state index contributed by atoms with van der Waals surface area (Å²) in [5.74, 6) is 0.205. The number of carbonyl (C=O) groups is 2. The molecule has 128 valence electrons. The van der Waals surface area contributed by atoms with E-state index >= 15 is 0 Å². The maximum absolute atomic E-state index is 12.2. The molecular weight excluding hydrogens is 306 g/mol. The topological polar surface area (TPSA) is 84.1 Å². The van der Waals surface area contributed by atoms with Crippen molar-refractivity contribution in [2.45, 2.75) is 44.9 Å². The van der Waals surface area contributed by atoms with Crippen molar-refractivity contribution in [1.29, 1.82) is 0 Å². The van der Waals surface area contributed by atoms with Gasteiger partial charge >= 0.3 is 5.97 Å². The SMILES string of the molecule is COC(=O)c1n[nH]c2ccc(NC(=O)CCC3CCCCC3)cc12. The van der Waals surface area contributed by atoms with E-state index in [9.17, 15) is 9.59 Å². The first-order valence-electron chi connectivity index (χ1n) is 8.53. The molecule has 0 radical (unpaired) electrons. The predicted molar refractivity (Wildman–Crippen MR) is 91.9 cm³/mol. The molecule has 1 aliphatic rings. The highest BCUT2D eigenvalue weighted by atomic mass is 16.5. The van der Waals surface area contributed by atoms with E-state index in [1.807, 2.05) is 0 Å². The lowest BCUT2D eigenvalue weighted by Gasteiger charge is -2.20. The van der Waals surface area contributed by atoms with Gasteiger partial charge in [-0.2, -0.15) is 5.10 Å². The quantitative estimate of drug-likeness (QED) is 0.820. The van der Waals surface area contributed by atoms with E-state index in [-0.39, 0.29) is 11.6 Å². The summed E-state index contributed by atoms with van der Waals surface area (Å²) >= 11 is 0. The summed E-state index contributed by atoms with van der Waals surface area (Å²) in [6, 6.07) is 5.36. The highest BCUT2D eigenvalue weighted by molar-refractivity contribution is 6.03. The molecule has 1 fully saturated rings. The highest BCUT2D eigenvalue weighted by Gasteiger charge is 2.17. The van der Waals surface area contributed by atoms with Crippen LogP contribution in [0.25, 0.3) is 10.9 Å². The third kappa shape index (κ3) is 3.75. The molecule has 6 heteroatoms. The van der Waals surface area contributed by atoms with E-state index in [1.54, 1.807) is 18.2 Å². The Bertz CT molecular complexity index is 732. The van der Waals surface area contributed by atoms with Gasteiger partial charge in [0.05, 0.1) is 12.6 Å². The van der Waals surface area contributed by atoms with E-state index in [0.717, 1.165) is 11.9 Å². The fraction of sp³-hybridized carbons (Fsp3) is 0.500. The summed E-state index contributed by atoms with van der Waals surface area (Å²) in [5.41, 5.74) is 1.63. The summed E-state index contributed by atoms with van der Waals surface area (Å²) in [6.07, 6.45) is 7.90. The molecule has 0 atom stereocenters. The standard InChI is InChI=1S/C18H23N3O3/c1-24-18(23)17-14-11-13(8-9-15(14)20-21-17)19-16(22)10-7-12-5-3-2-4-6-12/h8-9,11-12H,2-7,10H2,1H3,(H,19,22)(H,20,21). The number of aromatic amines is 1. The van der Waals surface area contributed by atoms with Crippen molar-refractivity contribution in [3.63, 3.8) is 0 Å². The molecule has 6 nitrogen and oxygen atoms in total. The van der Waals surface area contributed by atoms with Gasteiger partial charge in [-0.25, -0.2) is 4.79 Å². The molecule has 1 heterocycles. The second-order valence-corrected chi connectivity index (χ2v) is 6.42. The van der Waals surface area contributed by atoms with Crippen LogP contribution < -0.4 is 5.32 Å². The molecule has 1 aromatic heterocycles. The molecule has 0 spiro atoms. The van der Waals surface area contributed by atoms with Gasteiger partial charge in [-0.3, -0.25) is 9.89 Å². The number of rotatable bonds is 5. The number of aromatic nitrogens is 2. The second-order valence-electron chi connectivity index (χ2n) is 6.42. The Balaban J connectivity index is 1.63. The average molecular weight is 329 g/mol. The first kappa shape index (κ1) is 16.5. The smallest absolute Gasteiger partial charge is 0.359 e. The molecule has 1 saturated carbocycles. The maximum atomic E-state index is 12.2. The van der Waals surface area contributed by atoms with Crippen LogP contribution in [0, 0.1) is 5.92 Å². The van der Waals surface area contributed by atoms with Crippen LogP contribution in [0.3, 0.4) is 0 Å². The number of amides is 1. The van der Waals surface area contributed by atoms with Crippen LogP contribution in [-0.2, 0) is 9.53 Å². The number of fused-ring (bicyclic) bond motifs is 1. The minimum Gasteiger partial charge on any atom is -0.464 e. The van der Waals surface area contributed by atoms with Crippen LogP contribution in [-0.4, -0.2) is 29.2 Å². The zero-order valence-corrected chi connectivity index (χ0v) is 13.9. The lowest BCUT2D eigenvalue weighted by Crippen LogP contribution is -2.14. The molecule has 0 unspecified atom stereocenters. The number of ether oxygens (including phenoxy) is 1. The molecule has 2 N–H and O–H groups in total. The van der Waals surface area contributed by atoms with Crippen LogP contribution in [0.2, 0.25) is 0 Å². The number of nitrogens with zero attached hydrogens (tertiary/aromatic N) is 1. The summed E-state index contributed by atoms with van der Waals surface area (Å²) < 4.78 is 4.72. The molecule has 0 aliphatic heterocycles. The summed E-state index contributed by atoms with van der Waals surface area (Å²) in [7, 11) is 1.32. The Morgan fingerprint density at radius 3 is 2.83 bits per heavy atom. The van der Waals surface area contributed by atoms with Crippen LogP contribution in [0.1, 0.15) is 55.4 Å². The molecule has 0 saturated heterocycles. The van der Waals surface area contributed by atoms with Gasteiger partial charge in [0.1, 0.15) is 0 Å². The third-order valence-electron chi connectivity index (χ3n) is 4.73. The molecule has 1 amide bonds. The molecule has 24 heavy (non-hydrogen) atoms. The van der Waals surface area contributed by atoms with Gasteiger partial charge in [0, 0.05) is 17.5 Å². The molecule has 2 aromatic rings. The minimum absolute atomic E-state index is 0.0167. The normalized spacial score (nSPS) is 15.4. The Morgan fingerprint density at radius 2 is 2.08 bits per heavy atom. The first-order chi connectivity index (χ1) is 11.7. The predicted octanol–water partition coefficient (Wildman–Crippen LogP) is 3.65.